The molecule has 0 rings (SSSR count). The molecular weight excluding hydrogens is 162 g/mol. The number of carbonyl (C=O) groups excluding carboxylic acids is 2. The molecule has 0 aromatic heterocycles. The van der Waals surface area contributed by atoms with Gasteiger partial charge in [-0.15, -0.1) is 0 Å². The van der Waals surface area contributed by atoms with E-state index in [1.165, 1.54) is 7.11 Å². The van der Waals surface area contributed by atoms with E-state index < -0.39 is 5.97 Å². The van der Waals surface area contributed by atoms with Crippen molar-refractivity contribution in [1.29, 1.82) is 0 Å². The first-order valence-corrected chi connectivity index (χ1v) is 3.62. The Morgan fingerprint density at radius 2 is 2.08 bits per heavy atom. The zero-order chi connectivity index (χ0) is 9.40. The molecule has 0 heterocycles. The van der Waals surface area contributed by atoms with Gasteiger partial charge in [-0.2, -0.15) is 0 Å². The molecule has 1 amide bonds. The average molecular weight is 175 g/mol. The molecule has 0 aromatic rings. The summed E-state index contributed by atoms with van der Waals surface area (Å²) in [5.74, 6) is -0.790. The van der Waals surface area contributed by atoms with Crippen LogP contribution in [0.15, 0.2) is 0 Å². The monoisotopic (exact) mass is 175 g/mol. The Bertz CT molecular complexity index is 157. The second-order valence-electron chi connectivity index (χ2n) is 1.99. The summed E-state index contributed by atoms with van der Waals surface area (Å²) in [5.41, 5.74) is 0. The number of nitrogens with one attached hydrogen (secondary N) is 1. The third kappa shape index (κ3) is 5.67. The fraction of sp³-hybridized carbons (Fsp3) is 0.714. The Labute approximate surface area is 71.0 Å². The van der Waals surface area contributed by atoms with Crippen molar-refractivity contribution in [3.63, 3.8) is 0 Å². The summed E-state index contributed by atoms with van der Waals surface area (Å²) in [5, 5.41) is 2.33. The number of hydrogen-bond acceptors (Lipinski definition) is 4. The van der Waals surface area contributed by atoms with Gasteiger partial charge in [0.15, 0.2) is 0 Å². The normalized spacial score (nSPS) is 9.17. The van der Waals surface area contributed by atoms with Crippen molar-refractivity contribution in [1.82, 2.24) is 5.32 Å². The largest absolute Gasteiger partial charge is 0.468 e. The summed E-state index contributed by atoms with van der Waals surface area (Å²) in [7, 11) is 1.26. The van der Waals surface area contributed by atoms with Crippen LogP contribution >= 0.6 is 0 Å². The van der Waals surface area contributed by atoms with Crippen molar-refractivity contribution in [3.8, 4) is 0 Å². The molecule has 0 saturated heterocycles. The summed E-state index contributed by atoms with van der Waals surface area (Å²) in [6.07, 6.45) is 0. The minimum Gasteiger partial charge on any atom is -0.468 e. The van der Waals surface area contributed by atoms with Crippen LogP contribution in [-0.2, 0) is 19.1 Å². The standard InChI is InChI=1S/C7H13NO4/c1-3-12-5-6(9)8-4-7(10)11-2/h3-5H2,1-2H3,(H,8,9). The summed E-state index contributed by atoms with van der Waals surface area (Å²) in [6.45, 7) is 2.13. The van der Waals surface area contributed by atoms with E-state index in [1.807, 2.05) is 0 Å². The number of rotatable bonds is 5. The highest BCUT2D eigenvalue weighted by Gasteiger charge is 2.03. The minimum absolute atomic E-state index is 0.0203. The molecule has 5 heteroatoms. The Morgan fingerprint density at radius 3 is 2.58 bits per heavy atom. The van der Waals surface area contributed by atoms with E-state index in [-0.39, 0.29) is 19.1 Å². The summed E-state index contributed by atoms with van der Waals surface area (Å²) < 4.78 is 9.11. The van der Waals surface area contributed by atoms with Crippen LogP contribution in [-0.4, -0.2) is 38.7 Å². The number of hydrogen-bond donors (Lipinski definition) is 1. The third-order valence-electron chi connectivity index (χ3n) is 1.09. The maximum atomic E-state index is 10.8. The van der Waals surface area contributed by atoms with Crippen LogP contribution in [0.5, 0.6) is 0 Å². The highest BCUT2D eigenvalue weighted by Crippen LogP contribution is 1.75. The van der Waals surface area contributed by atoms with Gasteiger partial charge in [-0.25, -0.2) is 0 Å². The van der Waals surface area contributed by atoms with Gasteiger partial charge < -0.3 is 14.8 Å². The Balaban J connectivity index is 3.37. The molecule has 12 heavy (non-hydrogen) atoms. The summed E-state index contributed by atoms with van der Waals surface area (Å²) in [6, 6.07) is 0. The van der Waals surface area contributed by atoms with E-state index >= 15 is 0 Å². The predicted molar refractivity (Wildman–Crippen MR) is 41.5 cm³/mol. The van der Waals surface area contributed by atoms with Gasteiger partial charge in [0.25, 0.3) is 0 Å². The molecule has 0 fully saturated rings. The number of carbonyl (C=O) groups is 2. The number of amides is 1. The molecule has 0 bridgehead atoms. The van der Waals surface area contributed by atoms with Gasteiger partial charge in [0.05, 0.1) is 7.11 Å². The quantitative estimate of drug-likeness (QED) is 0.562. The van der Waals surface area contributed by atoms with Gasteiger partial charge >= 0.3 is 5.97 Å². The van der Waals surface area contributed by atoms with Crippen LogP contribution in [0.4, 0.5) is 0 Å². The zero-order valence-corrected chi connectivity index (χ0v) is 7.25. The number of esters is 1. The predicted octanol–water partition coefficient (Wildman–Crippen LogP) is -0.688. The van der Waals surface area contributed by atoms with E-state index in [0.717, 1.165) is 0 Å². The van der Waals surface area contributed by atoms with Crippen LogP contribution in [0, 0.1) is 0 Å². The molecule has 5 nitrogen and oxygen atoms in total. The molecule has 0 saturated carbocycles. The van der Waals surface area contributed by atoms with Gasteiger partial charge in [-0.3, -0.25) is 9.59 Å². The molecule has 70 valence electrons. The van der Waals surface area contributed by atoms with Crippen LogP contribution in [0.25, 0.3) is 0 Å². The average Bonchev–Trinajstić information content (AvgIpc) is 2.10. The highest BCUT2D eigenvalue weighted by atomic mass is 16.5. The van der Waals surface area contributed by atoms with Gasteiger partial charge in [0.1, 0.15) is 13.2 Å². The lowest BCUT2D eigenvalue weighted by molar-refractivity contribution is -0.141. The first kappa shape index (κ1) is 10.9. The van der Waals surface area contributed by atoms with E-state index in [1.54, 1.807) is 6.92 Å². The maximum Gasteiger partial charge on any atom is 0.325 e. The van der Waals surface area contributed by atoms with Crippen molar-refractivity contribution >= 4 is 11.9 Å². The molecule has 0 aliphatic carbocycles. The second-order valence-corrected chi connectivity index (χ2v) is 1.99. The molecule has 0 radical (unpaired) electrons. The van der Waals surface area contributed by atoms with Crippen molar-refractivity contribution in [2.45, 2.75) is 6.92 Å². The van der Waals surface area contributed by atoms with Crippen molar-refractivity contribution in [2.75, 3.05) is 26.9 Å². The lowest BCUT2D eigenvalue weighted by atomic mass is 10.5. The van der Waals surface area contributed by atoms with E-state index in [0.29, 0.717) is 6.61 Å². The molecule has 0 aliphatic heterocycles. The topological polar surface area (TPSA) is 64.6 Å². The van der Waals surface area contributed by atoms with Crippen LogP contribution < -0.4 is 5.32 Å². The molecule has 0 atom stereocenters. The summed E-state index contributed by atoms with van der Waals surface area (Å²) in [4.78, 5) is 21.3. The first-order valence-electron chi connectivity index (χ1n) is 3.62. The fourth-order valence-electron chi connectivity index (χ4n) is 0.489. The maximum absolute atomic E-state index is 10.8. The molecule has 0 aliphatic rings. The van der Waals surface area contributed by atoms with E-state index in [2.05, 4.69) is 10.1 Å². The van der Waals surface area contributed by atoms with E-state index in [4.69, 9.17) is 4.74 Å². The minimum atomic E-state index is -0.472. The van der Waals surface area contributed by atoms with E-state index in [9.17, 15) is 9.59 Å². The van der Waals surface area contributed by atoms with Crippen molar-refractivity contribution in [2.24, 2.45) is 0 Å². The highest BCUT2D eigenvalue weighted by molar-refractivity contribution is 5.82. The molecular formula is C7H13NO4. The zero-order valence-electron chi connectivity index (χ0n) is 7.25. The Morgan fingerprint density at radius 1 is 1.42 bits per heavy atom. The van der Waals surface area contributed by atoms with Gasteiger partial charge in [0.2, 0.25) is 5.91 Å². The van der Waals surface area contributed by atoms with Crippen molar-refractivity contribution < 1.29 is 19.1 Å². The van der Waals surface area contributed by atoms with Crippen molar-refractivity contribution in [3.05, 3.63) is 0 Å². The molecule has 0 unspecified atom stereocenters. The lowest BCUT2D eigenvalue weighted by Gasteiger charge is -2.02. The van der Waals surface area contributed by atoms with Gasteiger partial charge in [0, 0.05) is 6.61 Å². The fourth-order valence-corrected chi connectivity index (χ4v) is 0.489. The van der Waals surface area contributed by atoms with Crippen LogP contribution in [0.2, 0.25) is 0 Å². The molecule has 1 N–H and O–H groups in total. The lowest BCUT2D eigenvalue weighted by Crippen LogP contribution is -2.32. The number of methoxy groups -OCH3 is 1. The van der Waals surface area contributed by atoms with Crippen LogP contribution in [0.3, 0.4) is 0 Å². The molecule has 0 aromatic carbocycles. The number of ether oxygens (including phenoxy) is 2. The van der Waals surface area contributed by atoms with Gasteiger partial charge in [-0.05, 0) is 6.92 Å². The summed E-state index contributed by atoms with van der Waals surface area (Å²) >= 11 is 0. The second kappa shape index (κ2) is 6.60. The Kier molecular flexibility index (Phi) is 6.00. The SMILES string of the molecule is CCOCC(=O)NCC(=O)OC. The smallest absolute Gasteiger partial charge is 0.325 e. The van der Waals surface area contributed by atoms with Gasteiger partial charge in [-0.1, -0.05) is 0 Å². The molecule has 0 spiro atoms. The third-order valence-corrected chi connectivity index (χ3v) is 1.09. The Hall–Kier alpha value is -1.10. The first-order chi connectivity index (χ1) is 5.70. The van der Waals surface area contributed by atoms with Crippen LogP contribution in [0.1, 0.15) is 6.92 Å².